The monoisotopic (exact) mass is 349 g/mol. The van der Waals surface area contributed by atoms with Crippen molar-refractivity contribution < 1.29 is 17.9 Å². The normalized spacial score (nSPS) is 11.2. The summed E-state index contributed by atoms with van der Waals surface area (Å²) in [6.45, 7) is 2.82. The predicted molar refractivity (Wildman–Crippen MR) is 94.1 cm³/mol. The summed E-state index contributed by atoms with van der Waals surface area (Å²) in [6.07, 6.45) is 1.49. The summed E-state index contributed by atoms with van der Waals surface area (Å²) in [5.74, 6) is 1.47. The second kappa shape index (κ2) is 8.70. The lowest BCUT2D eigenvalue weighted by atomic mass is 10.1. The molecule has 0 atom stereocenters. The van der Waals surface area contributed by atoms with E-state index < -0.39 is 10.0 Å². The minimum atomic E-state index is -3.49. The molecule has 0 aliphatic rings. The molecular formula is C18H23NO4S. The van der Waals surface area contributed by atoms with Crippen molar-refractivity contribution in [3.63, 3.8) is 0 Å². The third-order valence-electron chi connectivity index (χ3n) is 3.51. The van der Waals surface area contributed by atoms with E-state index in [4.69, 9.17) is 9.47 Å². The molecular weight excluding hydrogens is 326 g/mol. The summed E-state index contributed by atoms with van der Waals surface area (Å²) in [4.78, 5) is 0.243. The van der Waals surface area contributed by atoms with Crippen LogP contribution in [0.25, 0.3) is 0 Å². The second-order valence-corrected chi connectivity index (χ2v) is 7.02. The van der Waals surface area contributed by atoms with Gasteiger partial charge in [-0.25, -0.2) is 13.1 Å². The van der Waals surface area contributed by atoms with E-state index in [1.54, 1.807) is 31.4 Å². The molecule has 24 heavy (non-hydrogen) atoms. The van der Waals surface area contributed by atoms with Gasteiger partial charge in [0.05, 0.1) is 18.6 Å². The third kappa shape index (κ3) is 5.25. The molecule has 0 heterocycles. The van der Waals surface area contributed by atoms with Gasteiger partial charge in [0.2, 0.25) is 10.0 Å². The maximum Gasteiger partial charge on any atom is 0.240 e. The third-order valence-corrected chi connectivity index (χ3v) is 4.99. The highest BCUT2D eigenvalue weighted by molar-refractivity contribution is 7.89. The van der Waals surface area contributed by atoms with Crippen molar-refractivity contribution >= 4 is 10.0 Å². The Labute approximate surface area is 143 Å². The van der Waals surface area contributed by atoms with Gasteiger partial charge >= 0.3 is 0 Å². The Morgan fingerprint density at radius 1 is 1.04 bits per heavy atom. The maximum atomic E-state index is 12.2. The van der Waals surface area contributed by atoms with Crippen LogP contribution >= 0.6 is 0 Å². The van der Waals surface area contributed by atoms with Crippen LogP contribution in [-0.4, -0.2) is 28.7 Å². The van der Waals surface area contributed by atoms with Gasteiger partial charge in [0, 0.05) is 6.54 Å². The van der Waals surface area contributed by atoms with Crippen molar-refractivity contribution in [1.82, 2.24) is 4.72 Å². The first-order valence-corrected chi connectivity index (χ1v) is 9.39. The van der Waals surface area contributed by atoms with Gasteiger partial charge in [-0.2, -0.15) is 0 Å². The van der Waals surface area contributed by atoms with E-state index in [1.165, 1.54) is 0 Å². The Hall–Kier alpha value is -2.05. The highest BCUT2D eigenvalue weighted by Crippen LogP contribution is 2.16. The lowest BCUT2D eigenvalue weighted by Crippen LogP contribution is -2.25. The smallest absolute Gasteiger partial charge is 0.240 e. The maximum absolute atomic E-state index is 12.2. The molecule has 0 aliphatic heterocycles. The van der Waals surface area contributed by atoms with E-state index in [2.05, 4.69) is 4.72 Å². The topological polar surface area (TPSA) is 64.6 Å². The Kier molecular flexibility index (Phi) is 6.63. The number of aryl methyl sites for hydroxylation is 1. The largest absolute Gasteiger partial charge is 0.497 e. The van der Waals surface area contributed by atoms with Crippen molar-refractivity contribution in [3.8, 4) is 11.5 Å². The molecule has 0 aromatic heterocycles. The number of methoxy groups -OCH3 is 1. The SMILES string of the molecule is CCOc1ccc(S(=O)(=O)NCCCc2cccc(OC)c2)cc1. The van der Waals surface area contributed by atoms with Gasteiger partial charge in [-0.15, -0.1) is 0 Å². The van der Waals surface area contributed by atoms with Crippen molar-refractivity contribution in [1.29, 1.82) is 0 Å². The molecule has 0 bridgehead atoms. The lowest BCUT2D eigenvalue weighted by Gasteiger charge is -2.08. The lowest BCUT2D eigenvalue weighted by molar-refractivity contribution is 0.340. The molecule has 0 fully saturated rings. The number of nitrogens with one attached hydrogen (secondary N) is 1. The van der Waals surface area contributed by atoms with E-state index in [-0.39, 0.29) is 4.90 Å². The van der Waals surface area contributed by atoms with Crippen molar-refractivity contribution in [3.05, 3.63) is 54.1 Å². The molecule has 0 unspecified atom stereocenters. The highest BCUT2D eigenvalue weighted by atomic mass is 32.2. The highest BCUT2D eigenvalue weighted by Gasteiger charge is 2.13. The molecule has 6 heteroatoms. The van der Waals surface area contributed by atoms with Crippen molar-refractivity contribution in [2.24, 2.45) is 0 Å². The zero-order valence-corrected chi connectivity index (χ0v) is 14.8. The van der Waals surface area contributed by atoms with Crippen LogP contribution in [0.1, 0.15) is 18.9 Å². The van der Waals surface area contributed by atoms with Crippen LogP contribution in [0.5, 0.6) is 11.5 Å². The summed E-state index contributed by atoms with van der Waals surface area (Å²) < 4.78 is 37.6. The van der Waals surface area contributed by atoms with Gasteiger partial charge in [-0.1, -0.05) is 12.1 Å². The Balaban J connectivity index is 1.86. The Morgan fingerprint density at radius 3 is 2.46 bits per heavy atom. The summed E-state index contributed by atoms with van der Waals surface area (Å²) in [7, 11) is -1.86. The Morgan fingerprint density at radius 2 is 1.79 bits per heavy atom. The van der Waals surface area contributed by atoms with Gasteiger partial charge in [0.1, 0.15) is 11.5 Å². The van der Waals surface area contributed by atoms with Gasteiger partial charge < -0.3 is 9.47 Å². The number of sulfonamides is 1. The van der Waals surface area contributed by atoms with E-state index in [9.17, 15) is 8.42 Å². The molecule has 2 aromatic carbocycles. The molecule has 2 aromatic rings. The molecule has 1 N–H and O–H groups in total. The molecule has 0 spiro atoms. The molecule has 0 amide bonds. The van der Waals surface area contributed by atoms with Crippen LogP contribution < -0.4 is 14.2 Å². The minimum absolute atomic E-state index is 0.243. The predicted octanol–water partition coefficient (Wildman–Crippen LogP) is 3.01. The average Bonchev–Trinajstić information content (AvgIpc) is 2.60. The van der Waals surface area contributed by atoms with Crippen LogP contribution in [0.3, 0.4) is 0 Å². The Bertz CT molecular complexity index is 742. The fourth-order valence-corrected chi connectivity index (χ4v) is 3.37. The second-order valence-electron chi connectivity index (χ2n) is 5.26. The number of benzene rings is 2. The van der Waals surface area contributed by atoms with Gasteiger partial charge in [-0.3, -0.25) is 0 Å². The molecule has 0 saturated carbocycles. The fraction of sp³-hybridized carbons (Fsp3) is 0.333. The van der Waals surface area contributed by atoms with Crippen LogP contribution in [0, 0.1) is 0 Å². The standard InChI is InChI=1S/C18H23NO4S/c1-3-23-16-9-11-18(12-10-16)24(20,21)19-13-5-7-15-6-4-8-17(14-15)22-2/h4,6,8-12,14,19H,3,5,7,13H2,1-2H3. The van der Waals surface area contributed by atoms with Crippen molar-refractivity contribution in [2.45, 2.75) is 24.7 Å². The first kappa shape index (κ1) is 18.3. The summed E-state index contributed by atoms with van der Waals surface area (Å²) in [6, 6.07) is 14.2. The van der Waals surface area contributed by atoms with Crippen LogP contribution in [0.15, 0.2) is 53.4 Å². The minimum Gasteiger partial charge on any atom is -0.497 e. The van der Waals surface area contributed by atoms with Crippen LogP contribution in [0.4, 0.5) is 0 Å². The number of rotatable bonds is 9. The summed E-state index contributed by atoms with van der Waals surface area (Å²) >= 11 is 0. The summed E-state index contributed by atoms with van der Waals surface area (Å²) in [5, 5.41) is 0. The number of ether oxygens (including phenoxy) is 2. The summed E-state index contributed by atoms with van der Waals surface area (Å²) in [5.41, 5.74) is 1.12. The molecule has 130 valence electrons. The van der Waals surface area contributed by atoms with E-state index >= 15 is 0 Å². The average molecular weight is 349 g/mol. The van der Waals surface area contributed by atoms with Gasteiger partial charge in [0.25, 0.3) is 0 Å². The molecule has 0 aliphatic carbocycles. The van der Waals surface area contributed by atoms with Gasteiger partial charge in [0.15, 0.2) is 0 Å². The quantitative estimate of drug-likeness (QED) is 0.707. The van der Waals surface area contributed by atoms with Crippen LogP contribution in [-0.2, 0) is 16.4 Å². The molecule has 5 nitrogen and oxygen atoms in total. The zero-order valence-electron chi connectivity index (χ0n) is 14.0. The number of hydrogen-bond donors (Lipinski definition) is 1. The fourth-order valence-electron chi connectivity index (χ4n) is 2.29. The molecule has 0 saturated heterocycles. The first-order valence-electron chi connectivity index (χ1n) is 7.90. The number of hydrogen-bond acceptors (Lipinski definition) is 4. The molecule has 0 radical (unpaired) electrons. The van der Waals surface area contributed by atoms with E-state index in [0.29, 0.717) is 25.3 Å². The van der Waals surface area contributed by atoms with Crippen LogP contribution in [0.2, 0.25) is 0 Å². The first-order chi connectivity index (χ1) is 11.5. The van der Waals surface area contributed by atoms with Crippen molar-refractivity contribution in [2.75, 3.05) is 20.3 Å². The van der Waals surface area contributed by atoms with Gasteiger partial charge in [-0.05, 0) is 61.7 Å². The zero-order chi connectivity index (χ0) is 17.4. The van der Waals surface area contributed by atoms with E-state index in [0.717, 1.165) is 17.7 Å². The molecule has 2 rings (SSSR count). The van der Waals surface area contributed by atoms with E-state index in [1.807, 2.05) is 31.2 Å².